The Morgan fingerprint density at radius 3 is 2.89 bits per heavy atom. The van der Waals surface area contributed by atoms with Crippen molar-refractivity contribution in [2.45, 2.75) is 12.5 Å². The zero-order chi connectivity index (χ0) is 12.4. The number of ether oxygens (including phenoxy) is 2. The Balaban J connectivity index is 1.84. The summed E-state index contributed by atoms with van der Waals surface area (Å²) in [5.74, 6) is 1.62. The topological polar surface area (TPSA) is 59.6 Å². The maximum atomic E-state index is 11.5. The summed E-state index contributed by atoms with van der Waals surface area (Å²) in [6.45, 7) is 2.64. The monoisotopic (exact) mass is 248 g/mol. The molecule has 1 amide bonds. The molecule has 1 atom stereocenters. The molecule has 5 nitrogen and oxygen atoms in total. The van der Waals surface area contributed by atoms with Crippen LogP contribution < -0.4 is 20.1 Å². The molecule has 0 radical (unpaired) electrons. The zero-order valence-electron chi connectivity index (χ0n) is 10.1. The van der Waals surface area contributed by atoms with E-state index in [-0.39, 0.29) is 11.9 Å². The molecule has 0 saturated carbocycles. The van der Waals surface area contributed by atoms with Crippen LogP contribution in [0.15, 0.2) is 18.2 Å². The van der Waals surface area contributed by atoms with Gasteiger partial charge in [-0.3, -0.25) is 4.79 Å². The number of rotatable bonds is 1. The van der Waals surface area contributed by atoms with Crippen LogP contribution in [0.3, 0.4) is 0 Å². The number of nitrogens with one attached hydrogen (secondary N) is 2. The van der Waals surface area contributed by atoms with E-state index in [9.17, 15) is 4.79 Å². The molecule has 0 aromatic heterocycles. The van der Waals surface area contributed by atoms with Crippen LogP contribution in [-0.2, 0) is 4.79 Å². The largest absolute Gasteiger partial charge is 0.486 e. The normalized spacial score (nSPS) is 23.1. The molecule has 1 fully saturated rings. The molecule has 0 bridgehead atoms. The Morgan fingerprint density at radius 1 is 1.17 bits per heavy atom. The number of hydrogen-bond acceptors (Lipinski definition) is 4. The van der Waals surface area contributed by atoms with Crippen molar-refractivity contribution in [2.24, 2.45) is 0 Å². The minimum atomic E-state index is -0.00386. The molecule has 2 aliphatic heterocycles. The van der Waals surface area contributed by atoms with E-state index >= 15 is 0 Å². The molecule has 0 spiro atoms. The molecule has 1 aromatic carbocycles. The first-order valence-corrected chi connectivity index (χ1v) is 6.22. The van der Waals surface area contributed by atoms with Gasteiger partial charge in [0.1, 0.15) is 13.2 Å². The number of hydrogen-bond donors (Lipinski definition) is 2. The second-order valence-electron chi connectivity index (χ2n) is 4.48. The quantitative estimate of drug-likeness (QED) is 0.764. The predicted octanol–water partition coefficient (Wildman–Crippen LogP) is 0.608. The summed E-state index contributed by atoms with van der Waals surface area (Å²) in [6.07, 6.45) is 0.529. The van der Waals surface area contributed by atoms with E-state index in [0.29, 0.717) is 19.6 Å². The van der Waals surface area contributed by atoms with Crippen LogP contribution >= 0.6 is 0 Å². The van der Waals surface area contributed by atoms with Crippen molar-refractivity contribution in [1.82, 2.24) is 10.6 Å². The van der Waals surface area contributed by atoms with E-state index in [0.717, 1.165) is 30.2 Å². The molecular formula is C13H16N2O3. The van der Waals surface area contributed by atoms with Crippen LogP contribution in [0.25, 0.3) is 0 Å². The smallest absolute Gasteiger partial charge is 0.221 e. The number of fused-ring (bicyclic) bond motifs is 1. The van der Waals surface area contributed by atoms with Crippen LogP contribution in [-0.4, -0.2) is 32.2 Å². The van der Waals surface area contributed by atoms with E-state index < -0.39 is 0 Å². The van der Waals surface area contributed by atoms with Crippen LogP contribution in [0.2, 0.25) is 0 Å². The first kappa shape index (κ1) is 11.3. The maximum absolute atomic E-state index is 11.5. The lowest BCUT2D eigenvalue weighted by molar-refractivity contribution is -0.121. The summed E-state index contributed by atoms with van der Waals surface area (Å²) in [5, 5.41) is 6.26. The van der Waals surface area contributed by atoms with E-state index in [4.69, 9.17) is 9.47 Å². The Labute approximate surface area is 105 Å². The van der Waals surface area contributed by atoms with Crippen molar-refractivity contribution in [3.05, 3.63) is 23.8 Å². The zero-order valence-corrected chi connectivity index (χ0v) is 10.1. The third kappa shape index (κ3) is 2.26. The van der Waals surface area contributed by atoms with Gasteiger partial charge in [-0.05, 0) is 17.7 Å². The first-order chi connectivity index (χ1) is 8.83. The average Bonchev–Trinajstić information content (AvgIpc) is 2.63. The maximum Gasteiger partial charge on any atom is 0.221 e. The summed E-state index contributed by atoms with van der Waals surface area (Å²) in [4.78, 5) is 11.5. The van der Waals surface area contributed by atoms with Crippen LogP contribution in [0.4, 0.5) is 0 Å². The van der Waals surface area contributed by atoms with E-state index in [1.807, 2.05) is 18.2 Å². The van der Waals surface area contributed by atoms with Crippen molar-refractivity contribution in [2.75, 3.05) is 26.3 Å². The van der Waals surface area contributed by atoms with E-state index in [1.165, 1.54) is 0 Å². The molecule has 5 heteroatoms. The lowest BCUT2D eigenvalue weighted by Crippen LogP contribution is -2.30. The highest BCUT2D eigenvalue weighted by molar-refractivity contribution is 5.77. The van der Waals surface area contributed by atoms with Crippen LogP contribution in [0, 0.1) is 0 Å². The molecule has 1 aromatic rings. The fourth-order valence-electron chi connectivity index (χ4n) is 2.24. The van der Waals surface area contributed by atoms with Gasteiger partial charge in [0.2, 0.25) is 5.91 Å². The van der Waals surface area contributed by atoms with Gasteiger partial charge in [-0.2, -0.15) is 0 Å². The molecular weight excluding hydrogens is 232 g/mol. The van der Waals surface area contributed by atoms with Gasteiger partial charge in [-0.1, -0.05) is 6.07 Å². The molecule has 2 heterocycles. The average molecular weight is 248 g/mol. The Hall–Kier alpha value is -1.75. The van der Waals surface area contributed by atoms with Crippen LogP contribution in [0.5, 0.6) is 11.5 Å². The van der Waals surface area contributed by atoms with Gasteiger partial charge < -0.3 is 20.1 Å². The molecule has 1 unspecified atom stereocenters. The van der Waals surface area contributed by atoms with Crippen molar-refractivity contribution in [3.8, 4) is 11.5 Å². The van der Waals surface area contributed by atoms with Crippen molar-refractivity contribution < 1.29 is 14.3 Å². The third-order valence-corrected chi connectivity index (χ3v) is 3.18. The standard InChI is InChI=1S/C13H16N2O3/c16-13-3-4-14-8-10(15-13)9-1-2-11-12(7-9)18-6-5-17-11/h1-2,7,10,14H,3-6,8H2,(H,15,16). The van der Waals surface area contributed by atoms with Gasteiger partial charge in [0.05, 0.1) is 6.04 Å². The highest BCUT2D eigenvalue weighted by Crippen LogP contribution is 2.32. The minimum absolute atomic E-state index is 0.00386. The fraction of sp³-hybridized carbons (Fsp3) is 0.462. The summed E-state index contributed by atoms with van der Waals surface area (Å²) in [6, 6.07) is 5.83. The van der Waals surface area contributed by atoms with Gasteiger partial charge in [0.15, 0.2) is 11.5 Å². The molecule has 96 valence electrons. The van der Waals surface area contributed by atoms with Gasteiger partial charge in [0, 0.05) is 19.5 Å². The highest BCUT2D eigenvalue weighted by atomic mass is 16.6. The van der Waals surface area contributed by atoms with Crippen molar-refractivity contribution in [3.63, 3.8) is 0 Å². The Kier molecular flexibility index (Phi) is 3.06. The second-order valence-corrected chi connectivity index (χ2v) is 4.48. The Bertz CT molecular complexity index is 462. The van der Waals surface area contributed by atoms with Crippen LogP contribution in [0.1, 0.15) is 18.0 Å². The first-order valence-electron chi connectivity index (χ1n) is 6.22. The second kappa shape index (κ2) is 4.86. The molecule has 18 heavy (non-hydrogen) atoms. The van der Waals surface area contributed by atoms with Crippen molar-refractivity contribution >= 4 is 5.91 Å². The van der Waals surface area contributed by atoms with E-state index in [1.54, 1.807) is 0 Å². The van der Waals surface area contributed by atoms with Gasteiger partial charge in [-0.15, -0.1) is 0 Å². The Morgan fingerprint density at radius 2 is 2.00 bits per heavy atom. The number of carbonyl (C=O) groups excluding carboxylic acids is 1. The SMILES string of the molecule is O=C1CCNCC(c2ccc3c(c2)OCCO3)N1. The molecule has 2 aliphatic rings. The summed E-state index contributed by atoms with van der Waals surface area (Å²) in [5.41, 5.74) is 1.04. The van der Waals surface area contributed by atoms with Gasteiger partial charge in [0.25, 0.3) is 0 Å². The summed E-state index contributed by atoms with van der Waals surface area (Å²) in [7, 11) is 0. The number of amides is 1. The lowest BCUT2D eigenvalue weighted by atomic mass is 10.1. The van der Waals surface area contributed by atoms with E-state index in [2.05, 4.69) is 10.6 Å². The summed E-state index contributed by atoms with van der Waals surface area (Å²) < 4.78 is 11.0. The minimum Gasteiger partial charge on any atom is -0.486 e. The fourth-order valence-corrected chi connectivity index (χ4v) is 2.24. The molecule has 3 rings (SSSR count). The van der Waals surface area contributed by atoms with Gasteiger partial charge >= 0.3 is 0 Å². The summed E-state index contributed by atoms with van der Waals surface area (Å²) >= 11 is 0. The number of benzene rings is 1. The van der Waals surface area contributed by atoms with Gasteiger partial charge in [-0.25, -0.2) is 0 Å². The lowest BCUT2D eigenvalue weighted by Gasteiger charge is -2.22. The highest BCUT2D eigenvalue weighted by Gasteiger charge is 2.20. The molecule has 2 N–H and O–H groups in total. The van der Waals surface area contributed by atoms with Crippen molar-refractivity contribution in [1.29, 1.82) is 0 Å². The molecule has 1 saturated heterocycles. The third-order valence-electron chi connectivity index (χ3n) is 3.18. The number of carbonyl (C=O) groups is 1. The molecule has 0 aliphatic carbocycles. The predicted molar refractivity (Wildman–Crippen MR) is 65.8 cm³/mol.